The molecule has 2 amide bonds. The van der Waals surface area contributed by atoms with Crippen molar-refractivity contribution in [3.05, 3.63) is 42.0 Å². The molecule has 1 N–H and O–H groups in total. The van der Waals surface area contributed by atoms with Crippen molar-refractivity contribution in [2.24, 2.45) is 17.8 Å². The number of esters is 1. The molecule has 1 spiro atoms. The molecule has 3 aliphatic rings. The molecule has 0 aromatic heterocycles. The number of aliphatic hydroxyl groups is 1. The fourth-order valence-electron chi connectivity index (χ4n) is 7.10. The van der Waals surface area contributed by atoms with Crippen molar-refractivity contribution in [2.45, 2.75) is 84.1 Å². The van der Waals surface area contributed by atoms with Gasteiger partial charge in [-0.3, -0.25) is 14.4 Å². The number of hydrogen-bond acceptors (Lipinski definition) is 6. The summed E-state index contributed by atoms with van der Waals surface area (Å²) < 4.78 is 12.3. The van der Waals surface area contributed by atoms with Gasteiger partial charge in [-0.1, -0.05) is 39.0 Å². The van der Waals surface area contributed by atoms with E-state index >= 15 is 0 Å². The number of carbonyl (C=O) groups excluding carboxylic acids is 3. The van der Waals surface area contributed by atoms with Crippen LogP contribution in [-0.4, -0.2) is 70.8 Å². The Morgan fingerprint density at radius 1 is 1.29 bits per heavy atom. The van der Waals surface area contributed by atoms with E-state index in [1.165, 1.54) is 4.90 Å². The van der Waals surface area contributed by atoms with E-state index in [4.69, 9.17) is 9.47 Å². The van der Waals surface area contributed by atoms with Crippen LogP contribution in [0.2, 0.25) is 0 Å². The molecule has 8 nitrogen and oxygen atoms in total. The van der Waals surface area contributed by atoms with Crippen LogP contribution < -0.4 is 4.90 Å². The minimum atomic E-state index is -1.18. The summed E-state index contributed by atoms with van der Waals surface area (Å²) in [4.78, 5) is 45.6. The molecular formula is C30H42N2O6. The maximum atomic E-state index is 14.7. The van der Waals surface area contributed by atoms with Crippen LogP contribution in [0.5, 0.6) is 0 Å². The Labute approximate surface area is 226 Å². The number of nitrogens with zero attached hydrogens (tertiary/aromatic N) is 2. The number of aryl methyl sites for hydroxylation is 2. The second-order valence-electron chi connectivity index (χ2n) is 11.4. The number of anilines is 1. The van der Waals surface area contributed by atoms with Crippen LogP contribution in [0, 0.1) is 31.6 Å². The lowest BCUT2D eigenvalue weighted by Gasteiger charge is -2.41. The molecular weight excluding hydrogens is 484 g/mol. The Morgan fingerprint density at radius 3 is 2.58 bits per heavy atom. The average molecular weight is 527 g/mol. The van der Waals surface area contributed by atoms with Crippen LogP contribution in [0.3, 0.4) is 0 Å². The normalized spacial score (nSPS) is 30.5. The van der Waals surface area contributed by atoms with Crippen LogP contribution in [0.25, 0.3) is 0 Å². The van der Waals surface area contributed by atoms with Crippen molar-refractivity contribution in [2.75, 3.05) is 24.7 Å². The zero-order valence-electron chi connectivity index (χ0n) is 23.5. The molecule has 1 aromatic carbocycles. The lowest BCUT2D eigenvalue weighted by atomic mass is 9.65. The van der Waals surface area contributed by atoms with Gasteiger partial charge in [-0.15, -0.1) is 6.58 Å². The Morgan fingerprint density at radius 2 is 2.00 bits per heavy atom. The van der Waals surface area contributed by atoms with Crippen molar-refractivity contribution in [1.29, 1.82) is 0 Å². The smallest absolute Gasteiger partial charge is 0.312 e. The summed E-state index contributed by atoms with van der Waals surface area (Å²) >= 11 is 0. The van der Waals surface area contributed by atoms with Crippen molar-refractivity contribution in [1.82, 2.24) is 4.90 Å². The second kappa shape index (κ2) is 10.5. The minimum absolute atomic E-state index is 0.124. The molecule has 8 heteroatoms. The molecule has 0 radical (unpaired) electrons. The highest BCUT2D eigenvalue weighted by Gasteiger charge is 2.79. The standard InChI is InChI=1S/C30H42N2O6/c1-8-15-31(21-16-19(6)11-12-20(21)7)27(35)25-30-14-13-29(9-2,38-30)24(28(36)37-10-3)23(30)26(34)32(25)22(17-33)18(4)5/h8,11-12,16,18,22-25,33H,1,9-10,13-15,17H2,2-7H3/t22-,23-,24+,25?,29-,30?/m0/s1. The number of amides is 2. The first-order chi connectivity index (χ1) is 18.0. The van der Waals surface area contributed by atoms with Gasteiger partial charge in [0.1, 0.15) is 17.6 Å². The molecule has 3 saturated heterocycles. The summed E-state index contributed by atoms with van der Waals surface area (Å²) in [6.07, 6.45) is 3.24. The van der Waals surface area contributed by atoms with Gasteiger partial charge in [0.25, 0.3) is 5.91 Å². The van der Waals surface area contributed by atoms with Crippen molar-refractivity contribution in [3.8, 4) is 0 Å². The molecule has 208 valence electrons. The number of benzene rings is 1. The molecule has 1 aromatic rings. The fourth-order valence-corrected chi connectivity index (χ4v) is 7.10. The van der Waals surface area contributed by atoms with E-state index < -0.39 is 41.1 Å². The molecule has 4 rings (SSSR count). The SMILES string of the molecule is C=CCN(C(=O)C1N([C@@H](CO)C(C)C)C(=O)[C@@H]2[C@H](C(=O)OCC)[C@]3(CC)CCC12O3)c1cc(C)ccc1C. The lowest BCUT2D eigenvalue weighted by molar-refractivity contribution is -0.162. The molecule has 2 bridgehead atoms. The van der Waals surface area contributed by atoms with E-state index in [0.29, 0.717) is 19.3 Å². The van der Waals surface area contributed by atoms with Crippen molar-refractivity contribution >= 4 is 23.5 Å². The Bertz CT molecular complexity index is 1120. The van der Waals surface area contributed by atoms with Gasteiger partial charge in [-0.25, -0.2) is 0 Å². The van der Waals surface area contributed by atoms with E-state index in [1.807, 2.05) is 52.8 Å². The third-order valence-corrected chi connectivity index (χ3v) is 8.94. The topological polar surface area (TPSA) is 96.4 Å². The van der Waals surface area contributed by atoms with Gasteiger partial charge in [-0.2, -0.15) is 0 Å². The minimum Gasteiger partial charge on any atom is -0.466 e. The third-order valence-electron chi connectivity index (χ3n) is 8.94. The van der Waals surface area contributed by atoms with Gasteiger partial charge in [0, 0.05) is 12.2 Å². The van der Waals surface area contributed by atoms with Gasteiger partial charge in [0.2, 0.25) is 5.91 Å². The summed E-state index contributed by atoms with van der Waals surface area (Å²) in [6.45, 7) is 15.5. The summed E-state index contributed by atoms with van der Waals surface area (Å²) in [6, 6.07) is 4.32. The molecule has 0 saturated carbocycles. The second-order valence-corrected chi connectivity index (χ2v) is 11.4. The Hall–Kier alpha value is -2.71. The number of hydrogen-bond donors (Lipinski definition) is 1. The molecule has 3 fully saturated rings. The Balaban J connectivity index is 1.91. The summed E-state index contributed by atoms with van der Waals surface area (Å²) in [7, 11) is 0. The highest BCUT2D eigenvalue weighted by Crippen LogP contribution is 2.65. The summed E-state index contributed by atoms with van der Waals surface area (Å²) in [5.74, 6) is -2.82. The Kier molecular flexibility index (Phi) is 7.79. The van der Waals surface area contributed by atoms with Gasteiger partial charge in [-0.05, 0) is 63.1 Å². The monoisotopic (exact) mass is 526 g/mol. The first-order valence-corrected chi connectivity index (χ1v) is 13.8. The van der Waals surface area contributed by atoms with E-state index in [0.717, 1.165) is 16.8 Å². The van der Waals surface area contributed by atoms with E-state index in [9.17, 15) is 19.5 Å². The number of fused-ring (bicyclic) bond motifs is 1. The predicted molar refractivity (Wildman–Crippen MR) is 144 cm³/mol. The van der Waals surface area contributed by atoms with Gasteiger partial charge in [0.05, 0.1) is 30.8 Å². The van der Waals surface area contributed by atoms with Gasteiger partial charge >= 0.3 is 5.97 Å². The lowest BCUT2D eigenvalue weighted by Crippen LogP contribution is -2.60. The number of likely N-dealkylation sites (tertiary alicyclic amines) is 1. The van der Waals surface area contributed by atoms with Crippen LogP contribution in [0.4, 0.5) is 5.69 Å². The number of aliphatic hydroxyl groups excluding tert-OH is 1. The van der Waals surface area contributed by atoms with Crippen molar-refractivity contribution in [3.63, 3.8) is 0 Å². The first-order valence-electron chi connectivity index (χ1n) is 13.8. The number of carbonyl (C=O) groups is 3. The van der Waals surface area contributed by atoms with E-state index in [-0.39, 0.29) is 37.5 Å². The highest BCUT2D eigenvalue weighted by atomic mass is 16.6. The van der Waals surface area contributed by atoms with Gasteiger partial charge < -0.3 is 24.4 Å². The maximum Gasteiger partial charge on any atom is 0.312 e. The van der Waals surface area contributed by atoms with Crippen LogP contribution in [-0.2, 0) is 23.9 Å². The van der Waals surface area contributed by atoms with Crippen molar-refractivity contribution < 1.29 is 29.0 Å². The van der Waals surface area contributed by atoms with Crippen LogP contribution >= 0.6 is 0 Å². The fraction of sp³-hybridized carbons (Fsp3) is 0.633. The predicted octanol–water partition coefficient (Wildman–Crippen LogP) is 3.56. The highest BCUT2D eigenvalue weighted by molar-refractivity contribution is 6.05. The summed E-state index contributed by atoms with van der Waals surface area (Å²) in [5.41, 5.74) is 0.632. The van der Waals surface area contributed by atoms with E-state index in [2.05, 4.69) is 6.58 Å². The number of ether oxygens (including phenoxy) is 2. The summed E-state index contributed by atoms with van der Waals surface area (Å²) in [5, 5.41) is 10.4. The van der Waals surface area contributed by atoms with E-state index in [1.54, 1.807) is 17.9 Å². The number of rotatable bonds is 10. The van der Waals surface area contributed by atoms with Gasteiger partial charge in [0.15, 0.2) is 0 Å². The third kappa shape index (κ3) is 4.08. The molecule has 0 aliphatic carbocycles. The first kappa shape index (κ1) is 28.3. The maximum absolute atomic E-state index is 14.7. The molecule has 3 aliphatic heterocycles. The zero-order chi connectivity index (χ0) is 28.0. The van der Waals surface area contributed by atoms with Crippen LogP contribution in [0.15, 0.2) is 30.9 Å². The zero-order valence-corrected chi connectivity index (χ0v) is 23.5. The average Bonchev–Trinajstić information content (AvgIpc) is 3.48. The molecule has 3 heterocycles. The molecule has 38 heavy (non-hydrogen) atoms. The quantitative estimate of drug-likeness (QED) is 0.370. The largest absolute Gasteiger partial charge is 0.466 e. The molecule has 2 unspecified atom stereocenters. The molecule has 6 atom stereocenters. The van der Waals surface area contributed by atoms with Crippen LogP contribution in [0.1, 0.15) is 58.1 Å².